The van der Waals surface area contributed by atoms with Gasteiger partial charge >= 0.3 is 0 Å². The molecule has 4 nitrogen and oxygen atoms in total. The third kappa shape index (κ3) is 4.36. The number of hydrogen-bond donors (Lipinski definition) is 1. The van der Waals surface area contributed by atoms with Crippen LogP contribution in [-0.4, -0.2) is 44.3 Å². The van der Waals surface area contributed by atoms with Crippen LogP contribution in [0.1, 0.15) is 15.9 Å². The van der Waals surface area contributed by atoms with Gasteiger partial charge in [0.25, 0.3) is 5.91 Å². The van der Waals surface area contributed by atoms with E-state index in [2.05, 4.69) is 5.32 Å². The quantitative estimate of drug-likeness (QED) is 0.738. The summed E-state index contributed by atoms with van der Waals surface area (Å²) in [6.45, 7) is 1.39. The molecule has 0 saturated heterocycles. The van der Waals surface area contributed by atoms with E-state index < -0.39 is 0 Å². The second-order valence-electron chi connectivity index (χ2n) is 4.09. The van der Waals surface area contributed by atoms with Crippen LogP contribution in [0, 0.1) is 0 Å². The van der Waals surface area contributed by atoms with Gasteiger partial charge in [-0.3, -0.25) is 4.79 Å². The summed E-state index contributed by atoms with van der Waals surface area (Å²) in [5.74, 6) is -0.121. The fourth-order valence-corrected chi connectivity index (χ4v) is 1.50. The Balaban J connectivity index is 2.64. The molecule has 1 aromatic rings. The first-order valence-electron chi connectivity index (χ1n) is 5.59. The van der Waals surface area contributed by atoms with Crippen LogP contribution < -0.4 is 5.32 Å². The van der Waals surface area contributed by atoms with Crippen molar-refractivity contribution in [2.24, 2.45) is 0 Å². The lowest BCUT2D eigenvalue weighted by molar-refractivity contribution is -0.107. The summed E-state index contributed by atoms with van der Waals surface area (Å²) in [4.78, 5) is 24.4. The summed E-state index contributed by atoms with van der Waals surface area (Å²) >= 11 is 0. The molecule has 0 heterocycles. The maximum Gasteiger partial charge on any atom is 0.251 e. The molecule has 0 bridgehead atoms. The van der Waals surface area contributed by atoms with Crippen LogP contribution in [0.3, 0.4) is 0 Å². The molecule has 92 valence electrons. The SMILES string of the molecule is CN(C)CCNC(=O)c1ccccc1CC=O. The number of nitrogens with one attached hydrogen (secondary N) is 1. The van der Waals surface area contributed by atoms with Gasteiger partial charge in [-0.2, -0.15) is 0 Å². The molecule has 1 aromatic carbocycles. The van der Waals surface area contributed by atoms with Crippen LogP contribution in [0.15, 0.2) is 24.3 Å². The molecule has 0 radical (unpaired) electrons. The fraction of sp³-hybridized carbons (Fsp3) is 0.385. The Morgan fingerprint density at radius 2 is 2.06 bits per heavy atom. The molecule has 0 saturated carbocycles. The lowest BCUT2D eigenvalue weighted by Crippen LogP contribution is -2.31. The highest BCUT2D eigenvalue weighted by molar-refractivity contribution is 5.96. The Morgan fingerprint density at radius 3 is 2.71 bits per heavy atom. The maximum absolute atomic E-state index is 11.9. The largest absolute Gasteiger partial charge is 0.351 e. The minimum Gasteiger partial charge on any atom is -0.351 e. The molecule has 0 atom stereocenters. The van der Waals surface area contributed by atoms with E-state index in [1.165, 1.54) is 0 Å². The zero-order valence-electron chi connectivity index (χ0n) is 10.3. The van der Waals surface area contributed by atoms with Crippen LogP contribution in [0.2, 0.25) is 0 Å². The van der Waals surface area contributed by atoms with Gasteiger partial charge < -0.3 is 15.0 Å². The van der Waals surface area contributed by atoms with Crippen molar-refractivity contribution in [1.82, 2.24) is 10.2 Å². The topological polar surface area (TPSA) is 49.4 Å². The standard InChI is InChI=1S/C13H18N2O2/c1-15(2)9-8-14-13(17)12-6-4-3-5-11(12)7-10-16/h3-6,10H,7-9H2,1-2H3,(H,14,17). The lowest BCUT2D eigenvalue weighted by atomic mass is 10.0. The van der Waals surface area contributed by atoms with Crippen molar-refractivity contribution in [3.05, 3.63) is 35.4 Å². The number of carbonyl (C=O) groups excluding carboxylic acids is 2. The Kier molecular flexibility index (Phi) is 5.36. The van der Waals surface area contributed by atoms with E-state index in [4.69, 9.17) is 0 Å². The van der Waals surface area contributed by atoms with E-state index in [1.807, 2.05) is 25.1 Å². The summed E-state index contributed by atoms with van der Waals surface area (Å²) in [5.41, 5.74) is 1.35. The number of nitrogens with zero attached hydrogens (tertiary/aromatic N) is 1. The molecular weight excluding hydrogens is 216 g/mol. The van der Waals surface area contributed by atoms with E-state index in [9.17, 15) is 9.59 Å². The van der Waals surface area contributed by atoms with Gasteiger partial charge in [0.15, 0.2) is 0 Å². The van der Waals surface area contributed by atoms with E-state index in [-0.39, 0.29) is 12.3 Å². The van der Waals surface area contributed by atoms with Gasteiger partial charge in [-0.15, -0.1) is 0 Å². The van der Waals surface area contributed by atoms with Crippen LogP contribution >= 0.6 is 0 Å². The number of hydrogen-bond acceptors (Lipinski definition) is 3. The van der Waals surface area contributed by atoms with Crippen molar-refractivity contribution in [2.75, 3.05) is 27.2 Å². The van der Waals surface area contributed by atoms with Crippen molar-refractivity contribution in [1.29, 1.82) is 0 Å². The first-order chi connectivity index (χ1) is 8.15. The second kappa shape index (κ2) is 6.81. The number of amides is 1. The highest BCUT2D eigenvalue weighted by Gasteiger charge is 2.09. The fourth-order valence-electron chi connectivity index (χ4n) is 1.50. The summed E-state index contributed by atoms with van der Waals surface area (Å²) in [6.07, 6.45) is 1.09. The van der Waals surface area contributed by atoms with Gasteiger partial charge in [0.2, 0.25) is 0 Å². The molecule has 1 amide bonds. The minimum atomic E-state index is -0.121. The van der Waals surface area contributed by atoms with E-state index in [0.29, 0.717) is 12.1 Å². The summed E-state index contributed by atoms with van der Waals surface area (Å²) in [6, 6.07) is 7.17. The highest BCUT2D eigenvalue weighted by atomic mass is 16.1. The molecule has 0 spiro atoms. The average Bonchev–Trinajstić information content (AvgIpc) is 2.29. The van der Waals surface area contributed by atoms with Gasteiger partial charge in [0.05, 0.1) is 0 Å². The Labute approximate surface area is 102 Å². The number of benzene rings is 1. The number of aldehydes is 1. The molecule has 0 unspecified atom stereocenters. The molecule has 17 heavy (non-hydrogen) atoms. The maximum atomic E-state index is 11.9. The van der Waals surface area contributed by atoms with Crippen molar-refractivity contribution in [2.45, 2.75) is 6.42 Å². The lowest BCUT2D eigenvalue weighted by Gasteiger charge is -2.11. The third-order valence-electron chi connectivity index (χ3n) is 2.41. The molecular formula is C13H18N2O2. The zero-order valence-corrected chi connectivity index (χ0v) is 10.3. The third-order valence-corrected chi connectivity index (χ3v) is 2.41. The van der Waals surface area contributed by atoms with Gasteiger partial charge in [-0.1, -0.05) is 18.2 Å². The summed E-state index contributed by atoms with van der Waals surface area (Å²) < 4.78 is 0. The molecule has 4 heteroatoms. The van der Waals surface area contributed by atoms with Crippen LogP contribution in [0.4, 0.5) is 0 Å². The zero-order chi connectivity index (χ0) is 12.7. The smallest absolute Gasteiger partial charge is 0.251 e. The molecule has 0 aliphatic carbocycles. The van der Waals surface area contributed by atoms with E-state index >= 15 is 0 Å². The van der Waals surface area contributed by atoms with Crippen molar-refractivity contribution >= 4 is 12.2 Å². The number of carbonyl (C=O) groups is 2. The summed E-state index contributed by atoms with van der Waals surface area (Å²) in [5, 5.41) is 2.83. The normalized spacial score (nSPS) is 10.3. The molecule has 1 rings (SSSR count). The van der Waals surface area contributed by atoms with Crippen LogP contribution in [0.25, 0.3) is 0 Å². The first kappa shape index (κ1) is 13.4. The van der Waals surface area contributed by atoms with Crippen LogP contribution in [0.5, 0.6) is 0 Å². The van der Waals surface area contributed by atoms with Gasteiger partial charge in [-0.05, 0) is 25.7 Å². The summed E-state index contributed by atoms with van der Waals surface area (Å²) in [7, 11) is 3.90. The Morgan fingerprint density at radius 1 is 1.35 bits per heavy atom. The Hall–Kier alpha value is -1.68. The van der Waals surface area contributed by atoms with Crippen molar-refractivity contribution < 1.29 is 9.59 Å². The van der Waals surface area contributed by atoms with E-state index in [0.717, 1.165) is 18.4 Å². The Bertz CT molecular complexity index is 389. The molecule has 0 aromatic heterocycles. The molecule has 0 aliphatic heterocycles. The van der Waals surface area contributed by atoms with Crippen LogP contribution in [-0.2, 0) is 11.2 Å². The number of rotatable bonds is 6. The molecule has 0 fully saturated rings. The van der Waals surface area contributed by atoms with Crippen molar-refractivity contribution in [3.63, 3.8) is 0 Å². The highest BCUT2D eigenvalue weighted by Crippen LogP contribution is 2.08. The van der Waals surface area contributed by atoms with Crippen molar-refractivity contribution in [3.8, 4) is 0 Å². The second-order valence-corrected chi connectivity index (χ2v) is 4.09. The average molecular weight is 234 g/mol. The van der Waals surface area contributed by atoms with E-state index in [1.54, 1.807) is 18.2 Å². The monoisotopic (exact) mass is 234 g/mol. The first-order valence-corrected chi connectivity index (χ1v) is 5.59. The van der Waals surface area contributed by atoms with Gasteiger partial charge in [-0.25, -0.2) is 0 Å². The minimum absolute atomic E-state index is 0.121. The predicted octanol–water partition coefficient (Wildman–Crippen LogP) is 0.719. The predicted molar refractivity (Wildman–Crippen MR) is 67.1 cm³/mol. The number of likely N-dealkylation sites (N-methyl/N-ethyl adjacent to an activating group) is 1. The molecule has 1 N–H and O–H groups in total. The molecule has 0 aliphatic rings. The van der Waals surface area contributed by atoms with Gasteiger partial charge in [0.1, 0.15) is 6.29 Å². The van der Waals surface area contributed by atoms with Gasteiger partial charge in [0, 0.05) is 25.1 Å².